The Labute approximate surface area is 162 Å². The fraction of sp³-hybridized carbons (Fsp3) is 0.435. The zero-order valence-electron chi connectivity index (χ0n) is 16.6. The number of methoxy groups -OCH3 is 1. The van der Waals surface area contributed by atoms with E-state index >= 15 is 0 Å². The van der Waals surface area contributed by atoms with Crippen molar-refractivity contribution in [3.05, 3.63) is 65.2 Å². The van der Waals surface area contributed by atoms with Crippen molar-refractivity contribution in [3.63, 3.8) is 0 Å². The summed E-state index contributed by atoms with van der Waals surface area (Å²) < 4.78 is 5.16. The number of ether oxygens (including phenoxy) is 1. The average molecular weight is 367 g/mol. The number of nitrogens with one attached hydrogen (secondary N) is 1. The van der Waals surface area contributed by atoms with E-state index in [-0.39, 0.29) is 11.9 Å². The minimum atomic E-state index is -0.0415. The lowest BCUT2D eigenvalue weighted by Gasteiger charge is -2.37. The number of carbonyl (C=O) groups excluding carboxylic acids is 1. The second-order valence-electron chi connectivity index (χ2n) is 7.58. The number of aryl methyl sites for hydroxylation is 1. The van der Waals surface area contributed by atoms with Crippen LogP contribution in [0.15, 0.2) is 48.5 Å². The van der Waals surface area contributed by atoms with Crippen LogP contribution in [0.2, 0.25) is 0 Å². The van der Waals surface area contributed by atoms with Crippen molar-refractivity contribution >= 4 is 5.91 Å². The highest BCUT2D eigenvalue weighted by Crippen LogP contribution is 2.26. The first-order chi connectivity index (χ1) is 13.1. The lowest BCUT2D eigenvalue weighted by atomic mass is 9.95. The van der Waals surface area contributed by atoms with Crippen molar-refractivity contribution in [3.8, 4) is 5.75 Å². The molecule has 0 bridgehead atoms. The molecule has 4 heteroatoms. The second-order valence-corrected chi connectivity index (χ2v) is 7.58. The van der Waals surface area contributed by atoms with E-state index in [9.17, 15) is 4.79 Å². The van der Waals surface area contributed by atoms with Crippen molar-refractivity contribution < 1.29 is 9.53 Å². The van der Waals surface area contributed by atoms with Crippen LogP contribution in [0.3, 0.4) is 0 Å². The summed E-state index contributed by atoms with van der Waals surface area (Å²) in [6.45, 7) is 7.20. The molecule has 0 aromatic heterocycles. The van der Waals surface area contributed by atoms with Crippen molar-refractivity contribution in [1.82, 2.24) is 10.2 Å². The molecule has 27 heavy (non-hydrogen) atoms. The van der Waals surface area contributed by atoms with E-state index < -0.39 is 0 Å². The van der Waals surface area contributed by atoms with Gasteiger partial charge in [0.2, 0.25) is 0 Å². The van der Waals surface area contributed by atoms with E-state index in [0.717, 1.165) is 24.8 Å². The number of carbonyl (C=O) groups is 1. The molecule has 0 saturated carbocycles. The molecule has 0 spiro atoms. The van der Waals surface area contributed by atoms with Crippen LogP contribution in [0.1, 0.15) is 47.3 Å². The third-order valence-electron chi connectivity index (χ3n) is 5.53. The van der Waals surface area contributed by atoms with E-state index in [4.69, 9.17) is 4.74 Å². The Morgan fingerprint density at radius 2 is 1.74 bits per heavy atom. The molecule has 1 saturated heterocycles. The SMILES string of the molecule is COc1ccc(C(=O)NCC(c2ccc(C)cc2)N2CCC(C)CC2)cc1. The van der Waals surface area contributed by atoms with Crippen molar-refractivity contribution in [2.75, 3.05) is 26.7 Å². The summed E-state index contributed by atoms with van der Waals surface area (Å²) in [5.74, 6) is 1.50. The van der Waals surface area contributed by atoms with Crippen LogP contribution in [0, 0.1) is 12.8 Å². The highest BCUT2D eigenvalue weighted by atomic mass is 16.5. The van der Waals surface area contributed by atoms with Gasteiger partial charge >= 0.3 is 0 Å². The predicted octanol–water partition coefficient (Wildman–Crippen LogP) is 4.21. The Hall–Kier alpha value is -2.33. The molecule has 1 atom stereocenters. The zero-order valence-corrected chi connectivity index (χ0v) is 16.6. The molecular weight excluding hydrogens is 336 g/mol. The Bertz CT molecular complexity index is 732. The summed E-state index contributed by atoms with van der Waals surface area (Å²) in [5, 5.41) is 3.14. The number of amides is 1. The molecule has 1 N–H and O–H groups in total. The fourth-order valence-corrected chi connectivity index (χ4v) is 3.62. The first kappa shape index (κ1) is 19.4. The molecule has 1 amide bonds. The van der Waals surface area contributed by atoms with Crippen LogP contribution in [0.25, 0.3) is 0 Å². The van der Waals surface area contributed by atoms with Gasteiger partial charge in [0.05, 0.1) is 13.2 Å². The minimum Gasteiger partial charge on any atom is -0.497 e. The van der Waals surface area contributed by atoms with Gasteiger partial charge in [-0.05, 0) is 68.6 Å². The van der Waals surface area contributed by atoms with Crippen LogP contribution >= 0.6 is 0 Å². The molecule has 0 aliphatic carbocycles. The third kappa shape index (κ3) is 5.10. The summed E-state index contributed by atoms with van der Waals surface area (Å²) in [5.41, 5.74) is 3.18. The van der Waals surface area contributed by atoms with E-state index in [1.807, 2.05) is 12.1 Å². The predicted molar refractivity (Wildman–Crippen MR) is 109 cm³/mol. The lowest BCUT2D eigenvalue weighted by Crippen LogP contribution is -2.42. The number of piperidine rings is 1. The topological polar surface area (TPSA) is 41.6 Å². The zero-order chi connectivity index (χ0) is 19.2. The second kappa shape index (κ2) is 9.05. The van der Waals surface area contributed by atoms with E-state index in [1.54, 1.807) is 19.2 Å². The van der Waals surface area contributed by atoms with E-state index in [2.05, 4.69) is 48.3 Å². The van der Waals surface area contributed by atoms with Gasteiger partial charge < -0.3 is 10.1 Å². The molecular formula is C23H30N2O2. The summed E-state index contributed by atoms with van der Waals surface area (Å²) in [6.07, 6.45) is 2.43. The van der Waals surface area contributed by atoms with Gasteiger partial charge in [-0.3, -0.25) is 9.69 Å². The number of likely N-dealkylation sites (tertiary alicyclic amines) is 1. The standard InChI is InChI=1S/C23H30N2O2/c1-17-4-6-19(7-5-17)22(25-14-12-18(2)13-15-25)16-24-23(26)20-8-10-21(27-3)11-9-20/h4-11,18,22H,12-16H2,1-3H3,(H,24,26). The van der Waals surface area contributed by atoms with Gasteiger partial charge in [-0.15, -0.1) is 0 Å². The normalized spacial score (nSPS) is 16.7. The maximum absolute atomic E-state index is 12.6. The molecule has 1 unspecified atom stereocenters. The Morgan fingerprint density at radius 1 is 1.11 bits per heavy atom. The molecule has 0 radical (unpaired) electrons. The molecule has 144 valence electrons. The summed E-state index contributed by atoms with van der Waals surface area (Å²) in [7, 11) is 1.63. The Morgan fingerprint density at radius 3 is 2.33 bits per heavy atom. The van der Waals surface area contributed by atoms with Gasteiger partial charge in [-0.2, -0.15) is 0 Å². The fourth-order valence-electron chi connectivity index (χ4n) is 3.62. The molecule has 1 aliphatic heterocycles. The lowest BCUT2D eigenvalue weighted by molar-refractivity contribution is 0.0913. The maximum atomic E-state index is 12.6. The van der Waals surface area contributed by atoms with Crippen LogP contribution in [-0.4, -0.2) is 37.6 Å². The molecule has 3 rings (SSSR count). The van der Waals surface area contributed by atoms with Gasteiger partial charge in [0, 0.05) is 12.1 Å². The molecule has 1 heterocycles. The van der Waals surface area contributed by atoms with Gasteiger partial charge in [0.1, 0.15) is 5.75 Å². The quantitative estimate of drug-likeness (QED) is 0.833. The van der Waals surface area contributed by atoms with Crippen LogP contribution < -0.4 is 10.1 Å². The molecule has 2 aromatic rings. The summed E-state index contributed by atoms with van der Waals surface area (Å²) in [4.78, 5) is 15.1. The number of hydrogen-bond acceptors (Lipinski definition) is 3. The highest BCUT2D eigenvalue weighted by Gasteiger charge is 2.25. The summed E-state index contributed by atoms with van der Waals surface area (Å²) in [6, 6.07) is 16.1. The highest BCUT2D eigenvalue weighted by molar-refractivity contribution is 5.94. The summed E-state index contributed by atoms with van der Waals surface area (Å²) >= 11 is 0. The molecule has 4 nitrogen and oxygen atoms in total. The number of hydrogen-bond donors (Lipinski definition) is 1. The van der Waals surface area contributed by atoms with Crippen LogP contribution in [-0.2, 0) is 0 Å². The monoisotopic (exact) mass is 366 g/mol. The maximum Gasteiger partial charge on any atom is 0.251 e. The molecule has 1 aliphatic rings. The smallest absolute Gasteiger partial charge is 0.251 e. The Kier molecular flexibility index (Phi) is 6.51. The van der Waals surface area contributed by atoms with Crippen molar-refractivity contribution in [2.45, 2.75) is 32.7 Å². The molecule has 1 fully saturated rings. The first-order valence-corrected chi connectivity index (χ1v) is 9.79. The van der Waals surface area contributed by atoms with Crippen molar-refractivity contribution in [1.29, 1.82) is 0 Å². The van der Waals surface area contributed by atoms with Gasteiger partial charge in [0.25, 0.3) is 5.91 Å². The third-order valence-corrected chi connectivity index (χ3v) is 5.53. The number of nitrogens with zero attached hydrogens (tertiary/aromatic N) is 1. The van der Waals surface area contributed by atoms with Gasteiger partial charge in [-0.25, -0.2) is 0 Å². The number of benzene rings is 2. The van der Waals surface area contributed by atoms with Gasteiger partial charge in [0.15, 0.2) is 0 Å². The van der Waals surface area contributed by atoms with Crippen LogP contribution in [0.4, 0.5) is 0 Å². The number of rotatable bonds is 6. The first-order valence-electron chi connectivity index (χ1n) is 9.79. The minimum absolute atomic E-state index is 0.0415. The van der Waals surface area contributed by atoms with Gasteiger partial charge in [-0.1, -0.05) is 36.8 Å². The Balaban J connectivity index is 1.70. The van der Waals surface area contributed by atoms with Crippen LogP contribution in [0.5, 0.6) is 5.75 Å². The van der Waals surface area contributed by atoms with Crippen molar-refractivity contribution in [2.24, 2.45) is 5.92 Å². The average Bonchev–Trinajstić information content (AvgIpc) is 2.70. The molecule has 2 aromatic carbocycles. The van der Waals surface area contributed by atoms with E-state index in [1.165, 1.54) is 24.0 Å². The van der Waals surface area contributed by atoms with E-state index in [0.29, 0.717) is 12.1 Å². The largest absolute Gasteiger partial charge is 0.497 e.